The Morgan fingerprint density at radius 1 is 1.06 bits per heavy atom. The normalized spacial score (nSPS) is 13.5. The second-order valence-electron chi connectivity index (χ2n) is 8.64. The van der Waals surface area contributed by atoms with Crippen molar-refractivity contribution in [3.63, 3.8) is 0 Å². The van der Waals surface area contributed by atoms with Crippen LogP contribution < -0.4 is 16.1 Å². The molecule has 3 aromatic carbocycles. The Labute approximate surface area is 206 Å². The van der Waals surface area contributed by atoms with Gasteiger partial charge in [-0.2, -0.15) is 0 Å². The number of fused-ring (bicyclic) bond motifs is 2. The third-order valence-electron chi connectivity index (χ3n) is 6.16. The number of aromatic amines is 1. The lowest BCUT2D eigenvalue weighted by molar-refractivity contribution is -0.116. The van der Waals surface area contributed by atoms with Crippen LogP contribution in [0.3, 0.4) is 0 Å². The fourth-order valence-electron chi connectivity index (χ4n) is 4.31. The zero-order valence-corrected chi connectivity index (χ0v) is 19.1. The van der Waals surface area contributed by atoms with Crippen LogP contribution in [0.1, 0.15) is 11.1 Å². The van der Waals surface area contributed by atoms with E-state index >= 15 is 0 Å². The molecule has 1 atom stereocenters. The first kappa shape index (κ1) is 22.1. The first-order valence-electron chi connectivity index (χ1n) is 11.6. The second-order valence-corrected chi connectivity index (χ2v) is 8.64. The zero-order valence-electron chi connectivity index (χ0n) is 19.1. The maximum Gasteiger partial charge on any atom is 0.491 e. The number of para-hydroxylation sites is 1. The van der Waals surface area contributed by atoms with Gasteiger partial charge in [-0.05, 0) is 40.9 Å². The molecule has 2 aromatic heterocycles. The van der Waals surface area contributed by atoms with Crippen molar-refractivity contribution < 1.29 is 18.9 Å². The Morgan fingerprint density at radius 2 is 1.89 bits per heavy atom. The smallest absolute Gasteiger partial charge is 0.423 e. The first-order chi connectivity index (χ1) is 17.6. The number of nitrogens with one attached hydrogen (secondary N) is 3. The highest BCUT2D eigenvalue weighted by Gasteiger charge is 2.28. The fraction of sp³-hybridized carbons (Fsp3) is 0.115. The van der Waals surface area contributed by atoms with E-state index in [0.29, 0.717) is 35.8 Å². The van der Waals surface area contributed by atoms with Gasteiger partial charge in [-0.1, -0.05) is 59.7 Å². The molecule has 4 N–H and O–H groups in total. The van der Waals surface area contributed by atoms with Crippen LogP contribution in [-0.2, 0) is 22.5 Å². The minimum Gasteiger partial charge on any atom is -0.423 e. The molecule has 0 saturated carbocycles. The number of carbonyl (C=O) groups is 1. The number of amides is 1. The lowest BCUT2D eigenvalue weighted by Gasteiger charge is -2.18. The van der Waals surface area contributed by atoms with E-state index in [-0.39, 0.29) is 11.9 Å². The summed E-state index contributed by atoms with van der Waals surface area (Å²) in [5.74, 6) is 0.0396. The molecule has 0 spiro atoms. The number of carbonyl (C=O) groups excluding carboxylic acids is 1. The standard InChI is InChI=1S/C26H22BN5O4/c33-24(28-19-11-10-18-15-35-27(34)20(18)14-19)22(12-16-6-2-1-3-7-16)30-26-32-31-25(36-26)23-13-17-8-4-5-9-21(17)29-23/h1-11,13-14,22,29,34H,12,15H2,(H,28,33)(H,30,32)/t22-/m0/s1. The summed E-state index contributed by atoms with van der Waals surface area (Å²) in [4.78, 5) is 16.6. The van der Waals surface area contributed by atoms with E-state index in [1.54, 1.807) is 12.1 Å². The average Bonchev–Trinajstić information content (AvgIpc) is 3.63. The van der Waals surface area contributed by atoms with Crippen LogP contribution in [0, 0.1) is 0 Å². The minimum absolute atomic E-state index is 0.137. The molecule has 1 amide bonds. The lowest BCUT2D eigenvalue weighted by Crippen LogP contribution is -2.37. The molecule has 0 fully saturated rings. The van der Waals surface area contributed by atoms with Crippen molar-refractivity contribution in [2.24, 2.45) is 0 Å². The molecule has 178 valence electrons. The summed E-state index contributed by atoms with van der Waals surface area (Å²) < 4.78 is 11.1. The number of H-pyrrole nitrogens is 1. The molecule has 10 heteroatoms. The second kappa shape index (κ2) is 9.33. The van der Waals surface area contributed by atoms with Gasteiger partial charge in [0.25, 0.3) is 5.89 Å². The summed E-state index contributed by atoms with van der Waals surface area (Å²) in [6.45, 7) is 0.346. The van der Waals surface area contributed by atoms with Crippen molar-refractivity contribution >= 4 is 41.1 Å². The topological polar surface area (TPSA) is 125 Å². The molecule has 1 aliphatic heterocycles. The van der Waals surface area contributed by atoms with Gasteiger partial charge in [-0.25, -0.2) is 0 Å². The quantitative estimate of drug-likeness (QED) is 0.265. The summed E-state index contributed by atoms with van der Waals surface area (Å²) in [6, 6.07) is 24.3. The largest absolute Gasteiger partial charge is 0.491 e. The van der Waals surface area contributed by atoms with Gasteiger partial charge >= 0.3 is 13.1 Å². The number of nitrogens with zero attached hydrogens (tertiary/aromatic N) is 2. The molecular weight excluding hydrogens is 457 g/mol. The van der Waals surface area contributed by atoms with Crippen molar-refractivity contribution in [1.82, 2.24) is 15.2 Å². The van der Waals surface area contributed by atoms with E-state index in [4.69, 9.17) is 9.07 Å². The van der Waals surface area contributed by atoms with Crippen molar-refractivity contribution in [2.75, 3.05) is 10.6 Å². The van der Waals surface area contributed by atoms with Crippen LogP contribution in [0.25, 0.3) is 22.5 Å². The Kier molecular flexibility index (Phi) is 5.72. The van der Waals surface area contributed by atoms with Crippen LogP contribution in [0.4, 0.5) is 11.7 Å². The van der Waals surface area contributed by atoms with Crippen LogP contribution >= 0.6 is 0 Å². The van der Waals surface area contributed by atoms with Crippen molar-refractivity contribution in [3.05, 3.63) is 90.0 Å². The predicted octanol–water partition coefficient (Wildman–Crippen LogP) is 3.10. The molecule has 0 saturated heterocycles. The molecule has 0 unspecified atom stereocenters. The molecule has 0 radical (unpaired) electrons. The third-order valence-corrected chi connectivity index (χ3v) is 6.16. The maximum atomic E-state index is 13.3. The van der Waals surface area contributed by atoms with Gasteiger partial charge in [-0.3, -0.25) is 4.79 Å². The molecule has 6 rings (SSSR count). The molecular formula is C26H22BN5O4. The Bertz CT molecular complexity index is 1500. The number of hydrogen-bond donors (Lipinski definition) is 4. The van der Waals surface area contributed by atoms with E-state index in [1.165, 1.54) is 0 Å². The summed E-state index contributed by atoms with van der Waals surface area (Å²) in [7, 11) is -0.989. The van der Waals surface area contributed by atoms with Gasteiger partial charge in [0.15, 0.2) is 0 Å². The molecule has 0 aliphatic carbocycles. The zero-order chi connectivity index (χ0) is 24.5. The number of aromatic nitrogens is 3. The van der Waals surface area contributed by atoms with E-state index in [9.17, 15) is 9.82 Å². The molecule has 36 heavy (non-hydrogen) atoms. The fourth-order valence-corrected chi connectivity index (χ4v) is 4.31. The van der Waals surface area contributed by atoms with Crippen molar-refractivity contribution in [3.8, 4) is 11.6 Å². The maximum absolute atomic E-state index is 13.3. The van der Waals surface area contributed by atoms with E-state index in [1.807, 2.05) is 66.7 Å². The number of hydrogen-bond acceptors (Lipinski definition) is 7. The van der Waals surface area contributed by atoms with Gasteiger partial charge in [0.05, 0.1) is 6.61 Å². The van der Waals surface area contributed by atoms with Crippen molar-refractivity contribution in [2.45, 2.75) is 19.1 Å². The third kappa shape index (κ3) is 4.47. The SMILES string of the molecule is O=C(Nc1ccc2c(c1)B(O)OC2)[C@H](Cc1ccccc1)Nc1nnc(-c2cc3ccccc3[nH]2)o1. The Hall–Kier alpha value is -4.41. The molecule has 3 heterocycles. The molecule has 0 bridgehead atoms. The minimum atomic E-state index is -0.989. The van der Waals surface area contributed by atoms with Crippen LogP contribution in [0.5, 0.6) is 0 Å². The Morgan fingerprint density at radius 3 is 2.75 bits per heavy atom. The predicted molar refractivity (Wildman–Crippen MR) is 137 cm³/mol. The highest BCUT2D eigenvalue weighted by molar-refractivity contribution is 6.61. The van der Waals surface area contributed by atoms with Gasteiger partial charge < -0.3 is 29.7 Å². The highest BCUT2D eigenvalue weighted by Crippen LogP contribution is 2.25. The van der Waals surface area contributed by atoms with E-state index < -0.39 is 13.2 Å². The van der Waals surface area contributed by atoms with Crippen LogP contribution in [0.15, 0.2) is 83.3 Å². The number of anilines is 2. The van der Waals surface area contributed by atoms with E-state index in [0.717, 1.165) is 22.0 Å². The van der Waals surface area contributed by atoms with Gasteiger partial charge in [-0.15, -0.1) is 5.10 Å². The molecule has 1 aliphatic rings. The van der Waals surface area contributed by atoms with Crippen LogP contribution in [0.2, 0.25) is 0 Å². The molecule has 5 aromatic rings. The van der Waals surface area contributed by atoms with Gasteiger partial charge in [0, 0.05) is 23.0 Å². The highest BCUT2D eigenvalue weighted by atomic mass is 16.5. The Balaban J connectivity index is 1.23. The van der Waals surface area contributed by atoms with E-state index in [2.05, 4.69) is 25.8 Å². The number of benzene rings is 3. The first-order valence-corrected chi connectivity index (χ1v) is 11.6. The van der Waals surface area contributed by atoms with Crippen molar-refractivity contribution in [1.29, 1.82) is 0 Å². The average molecular weight is 479 g/mol. The monoisotopic (exact) mass is 479 g/mol. The molecule has 9 nitrogen and oxygen atoms in total. The number of rotatable bonds is 7. The summed E-state index contributed by atoms with van der Waals surface area (Å²) in [6.07, 6.45) is 0.396. The van der Waals surface area contributed by atoms with Gasteiger partial charge in [0.1, 0.15) is 11.7 Å². The summed E-state index contributed by atoms with van der Waals surface area (Å²) in [5, 5.41) is 25.3. The van der Waals surface area contributed by atoms with Crippen LogP contribution in [-0.4, -0.2) is 39.3 Å². The lowest BCUT2D eigenvalue weighted by atomic mass is 9.79. The summed E-state index contributed by atoms with van der Waals surface area (Å²) in [5.41, 5.74) is 4.74. The summed E-state index contributed by atoms with van der Waals surface area (Å²) >= 11 is 0. The van der Waals surface area contributed by atoms with Gasteiger partial charge in [0.2, 0.25) is 5.91 Å².